The number of pyridine rings is 1. The molecule has 2 aromatic rings. The van der Waals surface area contributed by atoms with Crippen molar-refractivity contribution in [1.29, 1.82) is 0 Å². The van der Waals surface area contributed by atoms with Crippen LogP contribution in [0.4, 0.5) is 0 Å². The Morgan fingerprint density at radius 2 is 1.80 bits per heavy atom. The van der Waals surface area contributed by atoms with E-state index < -0.39 is 0 Å². The lowest BCUT2D eigenvalue weighted by atomic mass is 10.1. The number of rotatable bonds is 6. The van der Waals surface area contributed by atoms with E-state index in [2.05, 4.69) is 40.2 Å². The standard InChI is InChI=1S/C21H27N3O/c25-21(17-20-9-4-11-22-18-20)24-14-6-13-23(15-16-24)12-5-10-19-7-2-1-3-8-19/h1-4,7-9,11,18H,5-6,10,12-17H2. The van der Waals surface area contributed by atoms with Crippen LogP contribution in [0.25, 0.3) is 0 Å². The highest BCUT2D eigenvalue weighted by atomic mass is 16.2. The molecule has 0 aliphatic carbocycles. The van der Waals surface area contributed by atoms with E-state index in [-0.39, 0.29) is 5.91 Å². The summed E-state index contributed by atoms with van der Waals surface area (Å²) in [7, 11) is 0. The van der Waals surface area contributed by atoms with Gasteiger partial charge in [-0.1, -0.05) is 36.4 Å². The largest absolute Gasteiger partial charge is 0.341 e. The molecule has 4 heteroatoms. The molecule has 0 atom stereocenters. The normalized spacial score (nSPS) is 15.8. The zero-order valence-electron chi connectivity index (χ0n) is 14.8. The molecule has 4 nitrogen and oxygen atoms in total. The molecule has 0 saturated carbocycles. The molecule has 3 rings (SSSR count). The van der Waals surface area contributed by atoms with Gasteiger partial charge in [-0.15, -0.1) is 0 Å². The van der Waals surface area contributed by atoms with Gasteiger partial charge in [0.2, 0.25) is 5.91 Å². The molecule has 0 spiro atoms. The number of carbonyl (C=O) groups is 1. The van der Waals surface area contributed by atoms with Crippen LogP contribution in [-0.2, 0) is 17.6 Å². The second-order valence-electron chi connectivity index (χ2n) is 6.70. The van der Waals surface area contributed by atoms with Crippen LogP contribution in [0.5, 0.6) is 0 Å². The van der Waals surface area contributed by atoms with E-state index in [9.17, 15) is 4.79 Å². The van der Waals surface area contributed by atoms with Crippen molar-refractivity contribution in [2.24, 2.45) is 0 Å². The lowest BCUT2D eigenvalue weighted by Gasteiger charge is -2.22. The summed E-state index contributed by atoms with van der Waals surface area (Å²) >= 11 is 0. The summed E-state index contributed by atoms with van der Waals surface area (Å²) < 4.78 is 0. The average molecular weight is 337 g/mol. The molecule has 1 aliphatic rings. The summed E-state index contributed by atoms with van der Waals surface area (Å²) in [6.07, 6.45) is 7.35. The summed E-state index contributed by atoms with van der Waals surface area (Å²) in [6.45, 7) is 4.89. The van der Waals surface area contributed by atoms with Crippen molar-refractivity contribution in [1.82, 2.24) is 14.8 Å². The van der Waals surface area contributed by atoms with Gasteiger partial charge in [0, 0.05) is 32.0 Å². The van der Waals surface area contributed by atoms with Crippen LogP contribution in [0.3, 0.4) is 0 Å². The molecule has 0 radical (unpaired) electrons. The van der Waals surface area contributed by atoms with Crippen LogP contribution in [0.1, 0.15) is 24.0 Å². The van der Waals surface area contributed by atoms with Crippen LogP contribution in [0, 0.1) is 0 Å². The maximum absolute atomic E-state index is 12.5. The maximum Gasteiger partial charge on any atom is 0.227 e. The topological polar surface area (TPSA) is 36.4 Å². The lowest BCUT2D eigenvalue weighted by molar-refractivity contribution is -0.130. The summed E-state index contributed by atoms with van der Waals surface area (Å²) in [5.74, 6) is 0.221. The van der Waals surface area contributed by atoms with Crippen molar-refractivity contribution in [3.63, 3.8) is 0 Å². The number of aromatic nitrogens is 1. The minimum Gasteiger partial charge on any atom is -0.341 e. The minimum atomic E-state index is 0.221. The molecule has 0 N–H and O–H groups in total. The fourth-order valence-electron chi connectivity index (χ4n) is 3.38. The second-order valence-corrected chi connectivity index (χ2v) is 6.70. The maximum atomic E-state index is 12.5. The first-order chi connectivity index (χ1) is 12.3. The first kappa shape index (κ1) is 17.6. The van der Waals surface area contributed by atoms with Crippen LogP contribution in [-0.4, -0.2) is 53.4 Å². The molecule has 25 heavy (non-hydrogen) atoms. The predicted octanol–water partition coefficient (Wildman–Crippen LogP) is 2.79. The van der Waals surface area contributed by atoms with Gasteiger partial charge >= 0.3 is 0 Å². The van der Waals surface area contributed by atoms with Crippen molar-refractivity contribution >= 4 is 5.91 Å². The first-order valence-corrected chi connectivity index (χ1v) is 9.24. The van der Waals surface area contributed by atoms with Gasteiger partial charge in [-0.3, -0.25) is 9.78 Å². The van der Waals surface area contributed by atoms with E-state index >= 15 is 0 Å². The predicted molar refractivity (Wildman–Crippen MR) is 100 cm³/mol. The van der Waals surface area contributed by atoms with E-state index in [4.69, 9.17) is 0 Å². The van der Waals surface area contributed by atoms with Gasteiger partial charge in [0.05, 0.1) is 6.42 Å². The molecule has 0 bridgehead atoms. The lowest BCUT2D eigenvalue weighted by Crippen LogP contribution is -2.36. The van der Waals surface area contributed by atoms with Gasteiger partial charge in [0.15, 0.2) is 0 Å². The molecule has 132 valence electrons. The fourth-order valence-corrected chi connectivity index (χ4v) is 3.38. The quantitative estimate of drug-likeness (QED) is 0.813. The molecule has 1 amide bonds. The monoisotopic (exact) mass is 337 g/mol. The number of carbonyl (C=O) groups excluding carboxylic acids is 1. The Morgan fingerprint density at radius 1 is 0.960 bits per heavy atom. The third-order valence-electron chi connectivity index (χ3n) is 4.80. The molecule has 1 aromatic heterocycles. The summed E-state index contributed by atoms with van der Waals surface area (Å²) in [6, 6.07) is 14.5. The SMILES string of the molecule is O=C(Cc1cccnc1)N1CCCN(CCCc2ccccc2)CC1. The number of nitrogens with zero attached hydrogens (tertiary/aromatic N) is 3. The van der Waals surface area contributed by atoms with E-state index in [0.29, 0.717) is 6.42 Å². The van der Waals surface area contributed by atoms with Gasteiger partial charge in [-0.05, 0) is 49.5 Å². The van der Waals surface area contributed by atoms with Crippen molar-refractivity contribution in [2.75, 3.05) is 32.7 Å². The Morgan fingerprint density at radius 3 is 2.60 bits per heavy atom. The Balaban J connectivity index is 1.41. The molecular formula is C21H27N3O. The summed E-state index contributed by atoms with van der Waals surface area (Å²) in [4.78, 5) is 21.1. The summed E-state index contributed by atoms with van der Waals surface area (Å²) in [5, 5.41) is 0. The molecule has 0 unspecified atom stereocenters. The van der Waals surface area contributed by atoms with Gasteiger partial charge < -0.3 is 9.80 Å². The van der Waals surface area contributed by atoms with Crippen molar-refractivity contribution in [3.8, 4) is 0 Å². The van der Waals surface area contributed by atoms with Crippen molar-refractivity contribution in [2.45, 2.75) is 25.7 Å². The zero-order valence-corrected chi connectivity index (χ0v) is 14.8. The highest BCUT2D eigenvalue weighted by molar-refractivity contribution is 5.78. The minimum absolute atomic E-state index is 0.221. The molecule has 1 saturated heterocycles. The van der Waals surface area contributed by atoms with Gasteiger partial charge in [-0.2, -0.15) is 0 Å². The number of hydrogen-bond acceptors (Lipinski definition) is 3. The number of hydrogen-bond donors (Lipinski definition) is 0. The molecule has 1 fully saturated rings. The Hall–Kier alpha value is -2.20. The Bertz CT molecular complexity index is 645. The molecule has 1 aliphatic heterocycles. The van der Waals surface area contributed by atoms with Crippen LogP contribution in [0.15, 0.2) is 54.9 Å². The van der Waals surface area contributed by atoms with E-state index in [1.54, 1.807) is 12.4 Å². The first-order valence-electron chi connectivity index (χ1n) is 9.24. The number of amides is 1. The molecule has 1 aromatic carbocycles. The van der Waals surface area contributed by atoms with Crippen LogP contribution < -0.4 is 0 Å². The van der Waals surface area contributed by atoms with Crippen LogP contribution >= 0.6 is 0 Å². The average Bonchev–Trinajstić information content (AvgIpc) is 2.89. The van der Waals surface area contributed by atoms with Gasteiger partial charge in [0.25, 0.3) is 0 Å². The highest BCUT2D eigenvalue weighted by Gasteiger charge is 2.19. The number of aryl methyl sites for hydroxylation is 1. The van der Waals surface area contributed by atoms with Gasteiger partial charge in [0.1, 0.15) is 0 Å². The van der Waals surface area contributed by atoms with Gasteiger partial charge in [-0.25, -0.2) is 0 Å². The summed E-state index contributed by atoms with van der Waals surface area (Å²) in [5.41, 5.74) is 2.40. The third kappa shape index (κ3) is 5.68. The van der Waals surface area contributed by atoms with Crippen molar-refractivity contribution < 1.29 is 4.79 Å². The van der Waals surface area contributed by atoms with Crippen molar-refractivity contribution in [3.05, 3.63) is 66.0 Å². The molecule has 2 heterocycles. The van der Waals surface area contributed by atoms with E-state index in [1.807, 2.05) is 17.0 Å². The van der Waals surface area contributed by atoms with E-state index in [1.165, 1.54) is 12.0 Å². The second kappa shape index (κ2) is 9.33. The zero-order chi connectivity index (χ0) is 17.3. The molecular weight excluding hydrogens is 310 g/mol. The Labute approximate surface area is 150 Å². The van der Waals surface area contributed by atoms with E-state index in [0.717, 1.165) is 51.1 Å². The number of benzene rings is 1. The third-order valence-corrected chi connectivity index (χ3v) is 4.80. The Kier molecular flexibility index (Phi) is 6.57. The highest BCUT2D eigenvalue weighted by Crippen LogP contribution is 2.09. The van der Waals surface area contributed by atoms with Crippen LogP contribution in [0.2, 0.25) is 0 Å². The smallest absolute Gasteiger partial charge is 0.227 e. The fraction of sp³-hybridized carbons (Fsp3) is 0.429.